The van der Waals surface area contributed by atoms with Crippen LogP contribution < -0.4 is 0 Å². The lowest BCUT2D eigenvalue weighted by Crippen LogP contribution is -2.30. The topological polar surface area (TPSA) is 26.3 Å². The average molecular weight is 264 g/mol. The minimum Gasteiger partial charge on any atom is -0.458 e. The van der Waals surface area contributed by atoms with Crippen LogP contribution in [0.25, 0.3) is 0 Å². The number of benzene rings is 1. The lowest BCUT2D eigenvalue weighted by Gasteiger charge is -2.30. The number of carbonyl (C=O) groups is 1. The number of esters is 1. The number of ether oxygens (including phenoxy) is 1. The molecule has 1 fully saturated rings. The van der Waals surface area contributed by atoms with Crippen molar-refractivity contribution < 1.29 is 13.9 Å². The maximum Gasteiger partial charge on any atom is 0.341 e. The molecule has 1 aliphatic rings. The molecule has 1 aromatic rings. The monoisotopic (exact) mass is 264 g/mol. The van der Waals surface area contributed by atoms with Crippen molar-refractivity contribution in [1.82, 2.24) is 0 Å². The zero-order chi connectivity index (χ0) is 13.8. The van der Waals surface area contributed by atoms with Crippen molar-refractivity contribution in [3.05, 3.63) is 35.1 Å². The van der Waals surface area contributed by atoms with E-state index in [2.05, 4.69) is 6.92 Å². The maximum atomic E-state index is 13.7. The van der Waals surface area contributed by atoms with E-state index in [4.69, 9.17) is 4.74 Å². The highest BCUT2D eigenvalue weighted by molar-refractivity contribution is 5.89. The van der Waals surface area contributed by atoms with E-state index in [-0.39, 0.29) is 11.7 Å². The molecule has 1 aromatic carbocycles. The van der Waals surface area contributed by atoms with Gasteiger partial charge in [0, 0.05) is 0 Å². The van der Waals surface area contributed by atoms with Crippen LogP contribution in [0.5, 0.6) is 0 Å². The van der Waals surface area contributed by atoms with Crippen molar-refractivity contribution in [2.24, 2.45) is 5.92 Å². The van der Waals surface area contributed by atoms with Gasteiger partial charge in [-0.25, -0.2) is 9.18 Å². The van der Waals surface area contributed by atoms with Crippen LogP contribution in [0, 0.1) is 18.7 Å². The summed E-state index contributed by atoms with van der Waals surface area (Å²) >= 11 is 0. The number of carbonyl (C=O) groups excluding carboxylic acids is 1. The Labute approximate surface area is 114 Å². The van der Waals surface area contributed by atoms with Gasteiger partial charge in [-0.3, -0.25) is 0 Å². The Hall–Kier alpha value is -1.38. The van der Waals surface area contributed by atoms with E-state index in [1.54, 1.807) is 13.0 Å². The molecule has 0 aromatic heterocycles. The molecule has 0 heterocycles. The summed E-state index contributed by atoms with van der Waals surface area (Å²) in [5, 5.41) is 0. The second-order valence-electron chi connectivity index (χ2n) is 5.38. The molecule has 0 N–H and O–H groups in total. The first kappa shape index (κ1) is 14.0. The van der Waals surface area contributed by atoms with Gasteiger partial charge in [0.2, 0.25) is 0 Å². The summed E-state index contributed by atoms with van der Waals surface area (Å²) in [6.07, 6.45) is 5.25. The third-order valence-electron chi connectivity index (χ3n) is 3.97. The lowest BCUT2D eigenvalue weighted by molar-refractivity contribution is 0.000278. The second-order valence-corrected chi connectivity index (χ2v) is 5.38. The summed E-state index contributed by atoms with van der Waals surface area (Å²) in [6.45, 7) is 3.91. The number of hydrogen-bond donors (Lipinski definition) is 0. The Morgan fingerprint density at radius 3 is 2.79 bits per heavy atom. The molecular weight excluding hydrogens is 243 g/mol. The van der Waals surface area contributed by atoms with E-state index in [9.17, 15) is 9.18 Å². The van der Waals surface area contributed by atoms with Gasteiger partial charge in [-0.15, -0.1) is 0 Å². The summed E-state index contributed by atoms with van der Waals surface area (Å²) in [7, 11) is 0. The van der Waals surface area contributed by atoms with Gasteiger partial charge in [0.25, 0.3) is 0 Å². The van der Waals surface area contributed by atoms with Crippen LogP contribution in [0.1, 0.15) is 54.9 Å². The van der Waals surface area contributed by atoms with Crippen LogP contribution in [0.3, 0.4) is 0 Å². The molecule has 2 nitrogen and oxygen atoms in total. The van der Waals surface area contributed by atoms with Crippen molar-refractivity contribution in [3.63, 3.8) is 0 Å². The average Bonchev–Trinajstić information content (AvgIpc) is 2.39. The zero-order valence-corrected chi connectivity index (χ0v) is 11.6. The predicted molar refractivity (Wildman–Crippen MR) is 72.6 cm³/mol. The maximum absolute atomic E-state index is 13.7. The minimum absolute atomic E-state index is 0.0472. The smallest absolute Gasteiger partial charge is 0.341 e. The van der Waals surface area contributed by atoms with E-state index in [1.165, 1.54) is 18.6 Å². The summed E-state index contributed by atoms with van der Waals surface area (Å²) in [6, 6.07) is 4.61. The van der Waals surface area contributed by atoms with Gasteiger partial charge in [0.05, 0.1) is 5.56 Å². The highest BCUT2D eigenvalue weighted by Gasteiger charge is 2.28. The third-order valence-corrected chi connectivity index (χ3v) is 3.97. The molecule has 2 atom stereocenters. The number of halogens is 1. The van der Waals surface area contributed by atoms with Crippen LogP contribution >= 0.6 is 0 Å². The van der Waals surface area contributed by atoms with Crippen LogP contribution in [0.2, 0.25) is 0 Å². The van der Waals surface area contributed by atoms with Gasteiger partial charge >= 0.3 is 5.97 Å². The highest BCUT2D eigenvalue weighted by atomic mass is 19.1. The molecule has 2 unspecified atom stereocenters. The largest absolute Gasteiger partial charge is 0.458 e. The Balaban J connectivity index is 2.07. The SMILES string of the molecule is CCC1CCCCC1OC(=O)c1ccc(C)cc1F. The number of aryl methyl sites for hydroxylation is 1. The molecule has 1 saturated carbocycles. The fourth-order valence-corrected chi connectivity index (χ4v) is 2.78. The minimum atomic E-state index is -0.525. The van der Waals surface area contributed by atoms with Gasteiger partial charge in [0.15, 0.2) is 0 Å². The zero-order valence-electron chi connectivity index (χ0n) is 11.6. The van der Waals surface area contributed by atoms with Gasteiger partial charge < -0.3 is 4.74 Å². The summed E-state index contributed by atoms with van der Waals surface area (Å²) in [5.74, 6) is -0.595. The molecule has 3 heteroatoms. The fourth-order valence-electron chi connectivity index (χ4n) is 2.78. The molecule has 104 valence electrons. The van der Waals surface area contributed by atoms with E-state index < -0.39 is 11.8 Å². The Morgan fingerprint density at radius 2 is 2.11 bits per heavy atom. The molecule has 0 amide bonds. The summed E-state index contributed by atoms with van der Waals surface area (Å²) in [4.78, 5) is 12.0. The van der Waals surface area contributed by atoms with E-state index >= 15 is 0 Å². The quantitative estimate of drug-likeness (QED) is 0.762. The molecule has 2 rings (SSSR count). The molecule has 0 saturated heterocycles. The van der Waals surface area contributed by atoms with E-state index in [0.717, 1.165) is 31.2 Å². The fraction of sp³-hybridized carbons (Fsp3) is 0.562. The Morgan fingerprint density at radius 1 is 1.37 bits per heavy atom. The van der Waals surface area contributed by atoms with Crippen molar-refractivity contribution in [1.29, 1.82) is 0 Å². The molecule has 0 radical (unpaired) electrons. The predicted octanol–water partition coefficient (Wildman–Crippen LogP) is 4.26. The second kappa shape index (κ2) is 6.18. The molecule has 0 spiro atoms. The van der Waals surface area contributed by atoms with Crippen molar-refractivity contribution >= 4 is 5.97 Å². The molecule has 0 aliphatic heterocycles. The first-order valence-electron chi connectivity index (χ1n) is 7.09. The van der Waals surface area contributed by atoms with Crippen LogP contribution in [0.15, 0.2) is 18.2 Å². The number of hydrogen-bond acceptors (Lipinski definition) is 2. The van der Waals surface area contributed by atoms with Crippen molar-refractivity contribution in [3.8, 4) is 0 Å². The van der Waals surface area contributed by atoms with Gasteiger partial charge in [-0.1, -0.05) is 19.4 Å². The third kappa shape index (κ3) is 3.34. The normalized spacial score (nSPS) is 23.1. The van der Waals surface area contributed by atoms with Crippen LogP contribution in [-0.2, 0) is 4.74 Å². The number of rotatable bonds is 3. The van der Waals surface area contributed by atoms with Crippen molar-refractivity contribution in [2.45, 2.75) is 52.1 Å². The van der Waals surface area contributed by atoms with E-state index in [0.29, 0.717) is 5.92 Å². The summed E-state index contributed by atoms with van der Waals surface area (Å²) < 4.78 is 19.3. The van der Waals surface area contributed by atoms with Gasteiger partial charge in [-0.05, 0) is 56.2 Å². The van der Waals surface area contributed by atoms with E-state index in [1.807, 2.05) is 0 Å². The van der Waals surface area contributed by atoms with Gasteiger partial charge in [-0.2, -0.15) is 0 Å². The Bertz CT molecular complexity index is 456. The summed E-state index contributed by atoms with van der Waals surface area (Å²) in [5.41, 5.74) is 0.851. The standard InChI is InChI=1S/C16H21FO2/c1-3-12-6-4-5-7-15(12)19-16(18)13-9-8-11(2)10-14(13)17/h8-10,12,15H,3-7H2,1-2H3. The van der Waals surface area contributed by atoms with Gasteiger partial charge in [0.1, 0.15) is 11.9 Å². The molecule has 19 heavy (non-hydrogen) atoms. The first-order chi connectivity index (χ1) is 9.11. The highest BCUT2D eigenvalue weighted by Crippen LogP contribution is 2.30. The van der Waals surface area contributed by atoms with Crippen molar-refractivity contribution in [2.75, 3.05) is 0 Å². The Kier molecular flexibility index (Phi) is 4.56. The van der Waals surface area contributed by atoms with Crippen LogP contribution in [-0.4, -0.2) is 12.1 Å². The van der Waals surface area contributed by atoms with Crippen LogP contribution in [0.4, 0.5) is 4.39 Å². The molecular formula is C16H21FO2. The molecule has 1 aliphatic carbocycles. The first-order valence-corrected chi connectivity index (χ1v) is 7.09. The molecule has 0 bridgehead atoms. The lowest BCUT2D eigenvalue weighted by atomic mass is 9.85.